The summed E-state index contributed by atoms with van der Waals surface area (Å²) in [7, 11) is 0. The second-order valence-electron chi connectivity index (χ2n) is 7.16. The van der Waals surface area contributed by atoms with Crippen LogP contribution in [0.15, 0.2) is 18.2 Å². The largest absolute Gasteiger partial charge is 0.447 e. The number of hydrogen-bond donors (Lipinski definition) is 1. The van der Waals surface area contributed by atoms with E-state index in [1.165, 1.54) is 6.07 Å². The first-order valence-electron chi connectivity index (χ1n) is 8.55. The third-order valence-corrected chi connectivity index (χ3v) is 6.62. The first-order valence-corrected chi connectivity index (χ1v) is 9.31. The maximum atomic E-state index is 10.2. The van der Waals surface area contributed by atoms with E-state index in [4.69, 9.17) is 38.1 Å². The predicted molar refractivity (Wildman–Crippen MR) is 95.5 cm³/mol. The average Bonchev–Trinajstić information content (AvgIpc) is 2.87. The molecule has 1 aromatic carbocycles. The summed E-state index contributed by atoms with van der Waals surface area (Å²) < 4.78 is 12.1. The van der Waals surface area contributed by atoms with Crippen LogP contribution in [-0.4, -0.2) is 11.7 Å². The molecular weight excluding hydrogens is 387 g/mol. The summed E-state index contributed by atoms with van der Waals surface area (Å²) in [6.45, 7) is 0. The molecule has 4 rings (SSSR count). The fraction of sp³-hybridized carbons (Fsp3) is 0.474. The molecule has 4 atom stereocenters. The number of ether oxygens (including phenoxy) is 2. The lowest BCUT2D eigenvalue weighted by atomic mass is 9.51. The fourth-order valence-electron chi connectivity index (χ4n) is 4.85. The summed E-state index contributed by atoms with van der Waals surface area (Å²) in [5.74, 6) is -2.12. The minimum atomic E-state index is -1.97. The zero-order valence-electron chi connectivity index (χ0n) is 14.1. The van der Waals surface area contributed by atoms with Gasteiger partial charge in [0, 0.05) is 22.0 Å². The molecule has 136 valence electrons. The highest BCUT2D eigenvalue weighted by molar-refractivity contribution is 6.35. The van der Waals surface area contributed by atoms with Crippen molar-refractivity contribution in [1.29, 1.82) is 21.2 Å². The van der Waals surface area contributed by atoms with Gasteiger partial charge in [-0.2, -0.15) is 15.8 Å². The van der Waals surface area contributed by atoms with Gasteiger partial charge in [-0.15, -0.1) is 0 Å². The number of halogens is 2. The number of nitrogens with zero attached hydrogens (tertiary/aromatic N) is 3. The zero-order valence-corrected chi connectivity index (χ0v) is 15.6. The molecule has 3 aliphatic rings. The van der Waals surface area contributed by atoms with Crippen LogP contribution in [0.1, 0.15) is 37.4 Å². The Kier molecular flexibility index (Phi) is 3.92. The summed E-state index contributed by atoms with van der Waals surface area (Å²) in [6.07, 6.45) is 1.50. The van der Waals surface area contributed by atoms with E-state index in [1.807, 2.05) is 12.1 Å². The third kappa shape index (κ3) is 2.00. The van der Waals surface area contributed by atoms with E-state index in [0.29, 0.717) is 23.4 Å². The molecule has 1 aliphatic carbocycles. The van der Waals surface area contributed by atoms with Gasteiger partial charge < -0.3 is 9.47 Å². The molecule has 1 saturated carbocycles. The molecule has 0 aromatic heterocycles. The number of nitrogens with one attached hydrogen (secondary N) is 1. The van der Waals surface area contributed by atoms with Gasteiger partial charge in [0.05, 0.1) is 24.1 Å². The SMILES string of the molecule is N#CC1(C#N)[C@H](c2ccc(Cl)cc2Cl)O[C@@]23CCCC[C@@H]2[C@@]1(C#N)C(=N)O3. The Bertz CT molecular complexity index is 961. The zero-order chi connectivity index (χ0) is 19.4. The number of rotatable bonds is 1. The maximum Gasteiger partial charge on any atom is 0.217 e. The third-order valence-electron chi connectivity index (χ3n) is 6.06. The molecule has 8 heteroatoms. The smallest absolute Gasteiger partial charge is 0.217 e. The summed E-state index contributed by atoms with van der Waals surface area (Å²) in [4.78, 5) is 0. The van der Waals surface area contributed by atoms with Crippen molar-refractivity contribution in [3.8, 4) is 18.2 Å². The quantitative estimate of drug-likeness (QED) is 0.744. The van der Waals surface area contributed by atoms with Crippen molar-refractivity contribution in [2.24, 2.45) is 16.7 Å². The molecule has 27 heavy (non-hydrogen) atoms. The lowest BCUT2D eigenvalue weighted by molar-refractivity contribution is -0.294. The van der Waals surface area contributed by atoms with Crippen LogP contribution < -0.4 is 0 Å². The Labute approximate surface area is 166 Å². The van der Waals surface area contributed by atoms with E-state index in [-0.39, 0.29) is 10.9 Å². The van der Waals surface area contributed by atoms with Gasteiger partial charge in [-0.05, 0) is 25.0 Å². The van der Waals surface area contributed by atoms with Crippen LogP contribution in [-0.2, 0) is 9.47 Å². The van der Waals surface area contributed by atoms with E-state index >= 15 is 0 Å². The Hall–Kier alpha value is -2.30. The molecule has 0 spiro atoms. The van der Waals surface area contributed by atoms with E-state index < -0.39 is 28.6 Å². The van der Waals surface area contributed by atoms with Crippen LogP contribution in [0.4, 0.5) is 0 Å². The normalized spacial score (nSPS) is 35.9. The summed E-state index contributed by atoms with van der Waals surface area (Å²) >= 11 is 12.3. The van der Waals surface area contributed by atoms with Crippen molar-refractivity contribution in [3.63, 3.8) is 0 Å². The summed E-state index contributed by atoms with van der Waals surface area (Å²) in [5.41, 5.74) is -3.31. The Balaban J connectivity index is 2.02. The highest BCUT2D eigenvalue weighted by atomic mass is 35.5. The highest BCUT2D eigenvalue weighted by Gasteiger charge is 2.80. The van der Waals surface area contributed by atoms with Crippen LogP contribution in [0.25, 0.3) is 0 Å². The Morgan fingerprint density at radius 3 is 2.48 bits per heavy atom. The lowest BCUT2D eigenvalue weighted by Crippen LogP contribution is -2.60. The van der Waals surface area contributed by atoms with Gasteiger partial charge in [-0.3, -0.25) is 5.41 Å². The Morgan fingerprint density at radius 2 is 1.85 bits per heavy atom. The molecule has 1 aromatic rings. The molecule has 2 aliphatic heterocycles. The highest BCUT2D eigenvalue weighted by Crippen LogP contribution is 2.69. The van der Waals surface area contributed by atoms with Gasteiger partial charge in [0.25, 0.3) is 0 Å². The number of hydrogen-bond acceptors (Lipinski definition) is 6. The summed E-state index contributed by atoms with van der Waals surface area (Å²) in [6, 6.07) is 10.8. The van der Waals surface area contributed by atoms with E-state index in [9.17, 15) is 15.8 Å². The molecule has 0 unspecified atom stereocenters. The van der Waals surface area contributed by atoms with E-state index in [1.54, 1.807) is 12.1 Å². The fourth-order valence-corrected chi connectivity index (χ4v) is 5.36. The molecule has 1 N–H and O–H groups in total. The predicted octanol–water partition coefficient (Wildman–Crippen LogP) is 4.50. The van der Waals surface area contributed by atoms with Crippen molar-refractivity contribution in [1.82, 2.24) is 0 Å². The van der Waals surface area contributed by atoms with Crippen LogP contribution in [0.3, 0.4) is 0 Å². The standard InChI is InChI=1S/C19H14Cl2N4O2/c20-11-4-5-12(13(21)7-11)15-17(8-22,9-23)18(10-24)14-3-1-2-6-19(14,26-15)27-16(18)25/h4-5,7,14-15,25H,1-3,6H2/t14-,15+,18+,19-/m1/s1. The molecule has 0 radical (unpaired) electrons. The van der Waals surface area contributed by atoms with Gasteiger partial charge >= 0.3 is 0 Å². The lowest BCUT2D eigenvalue weighted by Gasteiger charge is -2.51. The maximum absolute atomic E-state index is 10.2. The topological polar surface area (TPSA) is 114 Å². The molecule has 3 fully saturated rings. The number of benzene rings is 1. The second-order valence-corrected chi connectivity index (χ2v) is 8.00. The van der Waals surface area contributed by atoms with Crippen molar-refractivity contribution in [2.75, 3.05) is 0 Å². The average molecular weight is 401 g/mol. The summed E-state index contributed by atoms with van der Waals surface area (Å²) in [5, 5.41) is 39.5. The van der Waals surface area contributed by atoms with Gasteiger partial charge in [0.1, 0.15) is 6.10 Å². The van der Waals surface area contributed by atoms with Crippen LogP contribution in [0, 0.1) is 56.2 Å². The minimum absolute atomic E-state index is 0.229. The van der Waals surface area contributed by atoms with Crippen LogP contribution >= 0.6 is 23.2 Å². The minimum Gasteiger partial charge on any atom is -0.447 e. The van der Waals surface area contributed by atoms with Gasteiger partial charge in [-0.1, -0.05) is 35.7 Å². The van der Waals surface area contributed by atoms with Crippen molar-refractivity contribution >= 4 is 29.1 Å². The van der Waals surface area contributed by atoms with E-state index in [0.717, 1.165) is 12.8 Å². The molecular formula is C19H14Cl2N4O2. The van der Waals surface area contributed by atoms with Crippen LogP contribution in [0.5, 0.6) is 0 Å². The molecule has 2 heterocycles. The van der Waals surface area contributed by atoms with Crippen LogP contribution in [0.2, 0.25) is 10.0 Å². The second kappa shape index (κ2) is 5.85. The molecule has 0 amide bonds. The molecule has 6 nitrogen and oxygen atoms in total. The Morgan fingerprint density at radius 1 is 1.11 bits per heavy atom. The molecule has 2 bridgehead atoms. The van der Waals surface area contributed by atoms with Gasteiger partial charge in [0.2, 0.25) is 17.1 Å². The molecule has 2 saturated heterocycles. The monoisotopic (exact) mass is 400 g/mol. The van der Waals surface area contributed by atoms with Gasteiger partial charge in [-0.25, -0.2) is 0 Å². The van der Waals surface area contributed by atoms with Crippen molar-refractivity contribution < 1.29 is 9.47 Å². The van der Waals surface area contributed by atoms with Crippen molar-refractivity contribution in [3.05, 3.63) is 33.8 Å². The first-order chi connectivity index (χ1) is 12.9. The number of nitriles is 3. The first kappa shape index (κ1) is 18.1. The van der Waals surface area contributed by atoms with Gasteiger partial charge in [0.15, 0.2) is 5.41 Å². The van der Waals surface area contributed by atoms with E-state index in [2.05, 4.69) is 6.07 Å². The van der Waals surface area contributed by atoms with Crippen molar-refractivity contribution in [2.45, 2.75) is 37.6 Å².